The molecule has 0 bridgehead atoms. The van der Waals surface area contributed by atoms with E-state index in [4.69, 9.17) is 4.74 Å². The predicted molar refractivity (Wildman–Crippen MR) is 61.0 cm³/mol. The van der Waals surface area contributed by atoms with Crippen LogP contribution in [-0.4, -0.2) is 10.9 Å². The van der Waals surface area contributed by atoms with E-state index >= 15 is 0 Å². The first-order valence-electron chi connectivity index (χ1n) is 4.93. The molecule has 2 rings (SSSR count). The molecule has 2 aliphatic carbocycles. The second kappa shape index (κ2) is 4.21. The van der Waals surface area contributed by atoms with Crippen molar-refractivity contribution >= 4 is 11.7 Å². The van der Waals surface area contributed by atoms with Crippen LogP contribution in [0.4, 0.5) is 5.69 Å². The van der Waals surface area contributed by atoms with E-state index in [0.717, 1.165) is 5.56 Å². The Balaban J connectivity index is 2.50. The summed E-state index contributed by atoms with van der Waals surface area (Å²) in [4.78, 5) is 21.0. The molecule has 0 atom stereocenters. The number of hydrogen-bond donors (Lipinski definition) is 0. The molecule has 0 heterocycles. The highest BCUT2D eigenvalue weighted by atomic mass is 16.6. The summed E-state index contributed by atoms with van der Waals surface area (Å²) in [6.45, 7) is 1.31. The Morgan fingerprint density at radius 3 is 2.47 bits per heavy atom. The monoisotopic (exact) mass is 231 g/mol. The highest BCUT2D eigenvalue weighted by molar-refractivity contribution is 5.79. The van der Waals surface area contributed by atoms with Crippen molar-refractivity contribution in [2.45, 2.75) is 6.92 Å². The maximum Gasteiger partial charge on any atom is 0.308 e. The molecule has 86 valence electrons. The van der Waals surface area contributed by atoms with Crippen LogP contribution in [0.25, 0.3) is 11.1 Å². The lowest BCUT2D eigenvalue weighted by atomic mass is 10.2. The molecular weight excluding hydrogens is 222 g/mol. The van der Waals surface area contributed by atoms with Gasteiger partial charge in [0.2, 0.25) is 0 Å². The lowest BCUT2D eigenvalue weighted by Crippen LogP contribution is -2.00. The molecule has 0 aliphatic heterocycles. The van der Waals surface area contributed by atoms with E-state index in [1.54, 1.807) is 24.3 Å². The molecule has 0 aromatic heterocycles. The lowest BCUT2D eigenvalue weighted by Gasteiger charge is -1.99. The normalized spacial score (nSPS) is 10.2. The van der Waals surface area contributed by atoms with Crippen molar-refractivity contribution in [2.24, 2.45) is 0 Å². The highest BCUT2D eigenvalue weighted by Gasteiger charge is 2.12. The van der Waals surface area contributed by atoms with Gasteiger partial charge in [0.1, 0.15) is 5.75 Å². The minimum atomic E-state index is -0.468. The SMILES string of the molecule is CC(=O)Oc1ccc2ccc([N+](=O)[O-])ccc1-2. The molecule has 2 aliphatic rings. The van der Waals surface area contributed by atoms with Crippen molar-refractivity contribution in [1.82, 2.24) is 0 Å². The summed E-state index contributed by atoms with van der Waals surface area (Å²) in [5.41, 5.74) is 1.46. The van der Waals surface area contributed by atoms with Gasteiger partial charge in [-0.15, -0.1) is 0 Å². The van der Waals surface area contributed by atoms with Crippen LogP contribution in [0.1, 0.15) is 6.92 Å². The quantitative estimate of drug-likeness (QED) is 0.452. The van der Waals surface area contributed by atoms with Gasteiger partial charge in [-0.2, -0.15) is 0 Å². The molecule has 0 radical (unpaired) electrons. The van der Waals surface area contributed by atoms with Crippen molar-refractivity contribution in [1.29, 1.82) is 0 Å². The van der Waals surface area contributed by atoms with Crippen molar-refractivity contribution in [3.05, 3.63) is 46.5 Å². The average Bonchev–Trinajstić information content (AvgIpc) is 2.49. The Morgan fingerprint density at radius 1 is 1.18 bits per heavy atom. The van der Waals surface area contributed by atoms with E-state index < -0.39 is 10.9 Å². The third kappa shape index (κ3) is 2.23. The largest absolute Gasteiger partial charge is 0.426 e. The van der Waals surface area contributed by atoms with Crippen LogP contribution in [-0.2, 0) is 4.79 Å². The molecule has 0 aromatic rings. The number of carbonyl (C=O) groups excluding carboxylic acids is 1. The van der Waals surface area contributed by atoms with E-state index in [0.29, 0.717) is 11.3 Å². The molecule has 17 heavy (non-hydrogen) atoms. The zero-order valence-electron chi connectivity index (χ0n) is 9.04. The van der Waals surface area contributed by atoms with Crippen LogP contribution in [0.3, 0.4) is 0 Å². The second-order valence-corrected chi connectivity index (χ2v) is 3.51. The van der Waals surface area contributed by atoms with Crippen LogP contribution in [0.15, 0.2) is 36.4 Å². The standard InChI is InChI=1S/C12H9NO4/c1-8(14)17-12-7-3-9-2-4-10(13(15)16)5-6-11(9)12/h2-7H,1H3. The summed E-state index contributed by atoms with van der Waals surface area (Å²) in [5.74, 6) is -0.00324. The van der Waals surface area contributed by atoms with Crippen LogP contribution >= 0.6 is 0 Å². The molecule has 0 N–H and O–H groups in total. The molecular formula is C12H9NO4. The van der Waals surface area contributed by atoms with Gasteiger partial charge in [0.25, 0.3) is 5.69 Å². The maximum atomic E-state index is 10.9. The summed E-state index contributed by atoms with van der Waals surface area (Å²) in [5, 5.41) is 10.6. The first kappa shape index (κ1) is 11.1. The van der Waals surface area contributed by atoms with Gasteiger partial charge in [0, 0.05) is 24.6 Å². The maximum absolute atomic E-state index is 10.9. The summed E-state index contributed by atoms with van der Waals surface area (Å²) >= 11 is 0. The summed E-state index contributed by atoms with van der Waals surface area (Å²) < 4.78 is 5.00. The van der Waals surface area contributed by atoms with Gasteiger partial charge in [-0.1, -0.05) is 6.07 Å². The van der Waals surface area contributed by atoms with E-state index in [2.05, 4.69) is 0 Å². The third-order valence-electron chi connectivity index (χ3n) is 2.31. The van der Waals surface area contributed by atoms with Gasteiger partial charge in [0.05, 0.1) is 4.92 Å². The van der Waals surface area contributed by atoms with Crippen LogP contribution in [0.5, 0.6) is 5.75 Å². The topological polar surface area (TPSA) is 69.4 Å². The number of carbonyl (C=O) groups is 1. The number of ether oxygens (including phenoxy) is 1. The van der Waals surface area contributed by atoms with Gasteiger partial charge >= 0.3 is 5.97 Å². The molecule has 0 saturated heterocycles. The minimum Gasteiger partial charge on any atom is -0.426 e. The van der Waals surface area contributed by atoms with Crippen LogP contribution in [0, 0.1) is 10.1 Å². The molecule has 0 aromatic carbocycles. The van der Waals surface area contributed by atoms with Gasteiger partial charge in [-0.25, -0.2) is 0 Å². The molecule has 0 saturated carbocycles. The van der Waals surface area contributed by atoms with Crippen molar-refractivity contribution < 1.29 is 14.5 Å². The number of rotatable bonds is 2. The van der Waals surface area contributed by atoms with Crippen molar-refractivity contribution in [2.75, 3.05) is 0 Å². The fraction of sp³-hybridized carbons (Fsp3) is 0.0833. The third-order valence-corrected chi connectivity index (χ3v) is 2.31. The average molecular weight is 231 g/mol. The molecule has 0 spiro atoms. The van der Waals surface area contributed by atoms with Gasteiger partial charge in [-0.3, -0.25) is 14.9 Å². The number of nitrogens with zero attached hydrogens (tertiary/aromatic N) is 1. The summed E-state index contributed by atoms with van der Waals surface area (Å²) in [6, 6.07) is 9.41. The zero-order chi connectivity index (χ0) is 12.4. The van der Waals surface area contributed by atoms with E-state index in [-0.39, 0.29) is 5.69 Å². The first-order chi connectivity index (χ1) is 8.08. The van der Waals surface area contributed by atoms with Crippen molar-refractivity contribution in [3.63, 3.8) is 0 Å². The second-order valence-electron chi connectivity index (χ2n) is 3.51. The Labute approximate surface area is 97.1 Å². The smallest absolute Gasteiger partial charge is 0.308 e. The van der Waals surface area contributed by atoms with Crippen LogP contribution < -0.4 is 4.74 Å². The zero-order valence-corrected chi connectivity index (χ0v) is 9.04. The van der Waals surface area contributed by atoms with Gasteiger partial charge in [-0.05, 0) is 23.8 Å². The molecule has 0 fully saturated rings. The molecule has 0 unspecified atom stereocenters. The first-order valence-corrected chi connectivity index (χ1v) is 4.93. The predicted octanol–water partition coefficient (Wildman–Crippen LogP) is 2.62. The fourth-order valence-corrected chi connectivity index (χ4v) is 1.58. The minimum absolute atomic E-state index is 0.00465. The summed E-state index contributed by atoms with van der Waals surface area (Å²) in [6.07, 6.45) is 0. The number of hydrogen-bond acceptors (Lipinski definition) is 4. The molecule has 5 nitrogen and oxygen atoms in total. The fourth-order valence-electron chi connectivity index (χ4n) is 1.58. The Bertz CT molecular complexity index is 565. The molecule has 5 heteroatoms. The highest BCUT2D eigenvalue weighted by Crippen LogP contribution is 2.34. The number of fused-ring (bicyclic) bond motifs is 1. The van der Waals surface area contributed by atoms with Crippen LogP contribution in [0.2, 0.25) is 0 Å². The summed E-state index contributed by atoms with van der Waals surface area (Å²) in [7, 11) is 0. The lowest BCUT2D eigenvalue weighted by molar-refractivity contribution is -0.384. The van der Waals surface area contributed by atoms with E-state index in [1.165, 1.54) is 19.1 Å². The number of nitro groups is 1. The van der Waals surface area contributed by atoms with Crippen molar-refractivity contribution in [3.8, 4) is 16.9 Å². The van der Waals surface area contributed by atoms with Gasteiger partial charge in [0.15, 0.2) is 0 Å². The Kier molecular flexibility index (Phi) is 2.74. The van der Waals surface area contributed by atoms with E-state index in [1.807, 2.05) is 0 Å². The Morgan fingerprint density at radius 2 is 1.82 bits per heavy atom. The molecule has 0 amide bonds. The number of esters is 1. The Hall–Kier alpha value is -2.43. The van der Waals surface area contributed by atoms with E-state index in [9.17, 15) is 14.9 Å². The van der Waals surface area contributed by atoms with Gasteiger partial charge < -0.3 is 4.74 Å².